The molecule has 0 saturated heterocycles. The Bertz CT molecular complexity index is 99.5. The van der Waals surface area contributed by atoms with Gasteiger partial charge in [0.2, 0.25) is 5.78 Å². The molecule has 8 heavy (non-hydrogen) atoms. The number of hydrogen-bond acceptors (Lipinski definition) is 2. The van der Waals surface area contributed by atoms with E-state index in [0.29, 0.717) is 0 Å². The summed E-state index contributed by atoms with van der Waals surface area (Å²) in [5.74, 6) is -2.08. The summed E-state index contributed by atoms with van der Waals surface area (Å²) < 4.78 is 0. The standard InChI is InChI=1S/C4H6O3.K.H/c1-2-3(5)4(6)7;;/h2H2,1H3,(H,6,7);;. The summed E-state index contributed by atoms with van der Waals surface area (Å²) in [6.45, 7) is 1.51. The van der Waals surface area contributed by atoms with Gasteiger partial charge in [0, 0.05) is 6.42 Å². The van der Waals surface area contributed by atoms with Crippen LogP contribution in [0.1, 0.15) is 13.3 Å². The van der Waals surface area contributed by atoms with E-state index in [1.165, 1.54) is 6.92 Å². The number of aliphatic carboxylic acids is 1. The van der Waals surface area contributed by atoms with Crippen molar-refractivity contribution >= 4 is 63.1 Å². The van der Waals surface area contributed by atoms with E-state index in [1.54, 1.807) is 0 Å². The van der Waals surface area contributed by atoms with Crippen molar-refractivity contribution in [3.05, 3.63) is 0 Å². The number of ketones is 1. The van der Waals surface area contributed by atoms with Crippen LogP contribution in [-0.4, -0.2) is 68.2 Å². The molecule has 42 valence electrons. The molecule has 0 spiro atoms. The third-order valence-electron chi connectivity index (χ3n) is 0.560. The second-order valence-electron chi connectivity index (χ2n) is 1.08. The Hall–Kier alpha value is 0.776. The Kier molecular flexibility index (Phi) is 8.53. The molecule has 0 saturated carbocycles. The molecule has 0 fully saturated rings. The Morgan fingerprint density at radius 2 is 1.88 bits per heavy atom. The van der Waals surface area contributed by atoms with Crippen LogP contribution < -0.4 is 0 Å². The summed E-state index contributed by atoms with van der Waals surface area (Å²) in [6.07, 6.45) is 0.0787. The Balaban J connectivity index is 0. The summed E-state index contributed by atoms with van der Waals surface area (Å²) >= 11 is 0. The molecule has 0 unspecified atom stereocenters. The van der Waals surface area contributed by atoms with Gasteiger partial charge in [-0.2, -0.15) is 0 Å². The van der Waals surface area contributed by atoms with Crippen molar-refractivity contribution in [3.8, 4) is 0 Å². The molecule has 0 heterocycles. The van der Waals surface area contributed by atoms with Gasteiger partial charge in [0.25, 0.3) is 0 Å². The first-order chi connectivity index (χ1) is 3.18. The first-order valence-corrected chi connectivity index (χ1v) is 1.94. The van der Waals surface area contributed by atoms with E-state index >= 15 is 0 Å². The quantitative estimate of drug-likeness (QED) is 0.414. The second-order valence-corrected chi connectivity index (χ2v) is 1.08. The third-order valence-corrected chi connectivity index (χ3v) is 0.560. The number of carbonyl (C=O) groups is 2. The maximum absolute atomic E-state index is 9.91. The number of carboxylic acid groups (broad SMARTS) is 1. The monoisotopic (exact) mass is 142 g/mol. The van der Waals surface area contributed by atoms with E-state index in [4.69, 9.17) is 5.11 Å². The van der Waals surface area contributed by atoms with Gasteiger partial charge in [-0.25, -0.2) is 4.79 Å². The van der Waals surface area contributed by atoms with Gasteiger partial charge in [-0.3, -0.25) is 4.79 Å². The van der Waals surface area contributed by atoms with Gasteiger partial charge < -0.3 is 5.11 Å². The SMILES string of the molecule is CCC(=O)C(=O)O.[KH]. The van der Waals surface area contributed by atoms with Gasteiger partial charge in [0.15, 0.2) is 0 Å². The molecule has 0 aliphatic heterocycles. The first kappa shape index (κ1) is 11.6. The van der Waals surface area contributed by atoms with E-state index in [1.807, 2.05) is 0 Å². The van der Waals surface area contributed by atoms with Crippen molar-refractivity contribution in [2.75, 3.05) is 0 Å². The normalized spacial score (nSPS) is 7.12. The minimum atomic E-state index is -1.34. The van der Waals surface area contributed by atoms with Crippen molar-refractivity contribution in [2.45, 2.75) is 13.3 Å². The molecule has 0 rings (SSSR count). The van der Waals surface area contributed by atoms with Crippen LogP contribution in [0, 0.1) is 0 Å². The molecule has 1 N–H and O–H groups in total. The summed E-state index contributed by atoms with van der Waals surface area (Å²) in [5, 5.41) is 7.83. The number of Topliss-reactive ketones (excluding diaryl/α,β-unsaturated/α-hetero) is 1. The van der Waals surface area contributed by atoms with Gasteiger partial charge in [0.05, 0.1) is 0 Å². The average molecular weight is 142 g/mol. The fourth-order valence-corrected chi connectivity index (χ4v) is 0.151. The number of carboxylic acids is 1. The molecule has 0 aliphatic rings. The average Bonchev–Trinajstić information content (AvgIpc) is 1.65. The van der Waals surface area contributed by atoms with Crippen LogP contribution in [0.2, 0.25) is 0 Å². The van der Waals surface area contributed by atoms with E-state index < -0.39 is 11.8 Å². The molecule has 0 aromatic carbocycles. The van der Waals surface area contributed by atoms with Gasteiger partial charge in [-0.05, 0) is 0 Å². The van der Waals surface area contributed by atoms with Crippen LogP contribution in [0.25, 0.3) is 0 Å². The summed E-state index contributed by atoms with van der Waals surface area (Å²) in [7, 11) is 0. The Morgan fingerprint density at radius 1 is 1.50 bits per heavy atom. The Labute approximate surface area is 89.9 Å². The minimum absolute atomic E-state index is 0. The van der Waals surface area contributed by atoms with Crippen molar-refractivity contribution in [2.24, 2.45) is 0 Å². The van der Waals surface area contributed by atoms with Crippen molar-refractivity contribution in [1.82, 2.24) is 0 Å². The molecule has 0 radical (unpaired) electrons. The molecule has 0 aromatic heterocycles. The zero-order chi connectivity index (χ0) is 5.86. The molecule has 0 amide bonds. The van der Waals surface area contributed by atoms with Gasteiger partial charge in [0.1, 0.15) is 0 Å². The number of hydrogen-bond donors (Lipinski definition) is 1. The van der Waals surface area contributed by atoms with E-state index in [0.717, 1.165) is 0 Å². The number of rotatable bonds is 2. The fourth-order valence-electron chi connectivity index (χ4n) is 0.151. The van der Waals surface area contributed by atoms with E-state index in [2.05, 4.69) is 0 Å². The van der Waals surface area contributed by atoms with E-state index in [-0.39, 0.29) is 57.8 Å². The van der Waals surface area contributed by atoms with Crippen LogP contribution in [0.15, 0.2) is 0 Å². The summed E-state index contributed by atoms with van der Waals surface area (Å²) in [5.41, 5.74) is 0. The van der Waals surface area contributed by atoms with Crippen molar-refractivity contribution < 1.29 is 14.7 Å². The van der Waals surface area contributed by atoms with Crippen LogP contribution in [0.5, 0.6) is 0 Å². The zero-order valence-electron chi connectivity index (χ0n) is 3.97. The Morgan fingerprint density at radius 3 is 1.88 bits per heavy atom. The zero-order valence-corrected chi connectivity index (χ0v) is 3.97. The molecule has 0 atom stereocenters. The molecule has 3 nitrogen and oxygen atoms in total. The summed E-state index contributed by atoms with van der Waals surface area (Å²) in [6, 6.07) is 0. The number of carbonyl (C=O) groups excluding carboxylic acids is 1. The molecule has 4 heteroatoms. The molecule has 0 aliphatic carbocycles. The van der Waals surface area contributed by atoms with Gasteiger partial charge >= 0.3 is 57.4 Å². The molecular weight excluding hydrogens is 135 g/mol. The van der Waals surface area contributed by atoms with Gasteiger partial charge in [-0.1, -0.05) is 6.92 Å². The van der Waals surface area contributed by atoms with E-state index in [9.17, 15) is 9.59 Å². The second kappa shape index (κ2) is 5.90. The van der Waals surface area contributed by atoms with Crippen molar-refractivity contribution in [1.29, 1.82) is 0 Å². The molecule has 0 aromatic rings. The topological polar surface area (TPSA) is 54.4 Å². The maximum atomic E-state index is 9.91. The van der Waals surface area contributed by atoms with Gasteiger partial charge in [-0.15, -0.1) is 0 Å². The first-order valence-electron chi connectivity index (χ1n) is 1.94. The predicted molar refractivity (Wildman–Crippen MR) is 30.1 cm³/mol. The van der Waals surface area contributed by atoms with Crippen LogP contribution in [-0.2, 0) is 9.59 Å². The molecule has 0 bridgehead atoms. The third kappa shape index (κ3) is 4.92. The van der Waals surface area contributed by atoms with Crippen molar-refractivity contribution in [3.63, 3.8) is 0 Å². The van der Waals surface area contributed by atoms with Crippen LogP contribution in [0.4, 0.5) is 0 Å². The summed E-state index contributed by atoms with van der Waals surface area (Å²) in [4.78, 5) is 19.5. The molecular formula is C4H7KO3. The van der Waals surface area contributed by atoms with Crippen LogP contribution >= 0.6 is 0 Å². The van der Waals surface area contributed by atoms with Crippen LogP contribution in [0.3, 0.4) is 0 Å². The predicted octanol–water partition coefficient (Wildman–Crippen LogP) is -0.598. The fraction of sp³-hybridized carbons (Fsp3) is 0.500.